The van der Waals surface area contributed by atoms with Crippen molar-refractivity contribution in [3.8, 4) is 0 Å². The van der Waals surface area contributed by atoms with Gasteiger partial charge in [0, 0.05) is 6.07 Å². The number of anilines is 1. The molecule has 0 aromatic heterocycles. The highest BCUT2D eigenvalue weighted by molar-refractivity contribution is 6.23. The van der Waals surface area contributed by atoms with E-state index in [0.29, 0.717) is 0 Å². The smallest absolute Gasteiger partial charge is 0.274 e. The van der Waals surface area contributed by atoms with Crippen LogP contribution in [0.1, 0.15) is 24.0 Å². The summed E-state index contributed by atoms with van der Waals surface area (Å²) in [6.07, 6.45) is 5.89. The molecule has 0 N–H and O–H groups in total. The lowest BCUT2D eigenvalue weighted by atomic mass is 9.63. The first-order valence-corrected chi connectivity index (χ1v) is 8.22. The Labute approximate surface area is 139 Å². The molecule has 2 bridgehead atoms. The van der Waals surface area contributed by atoms with Crippen LogP contribution in [0.2, 0.25) is 0 Å². The van der Waals surface area contributed by atoms with Gasteiger partial charge in [-0.25, -0.2) is 4.90 Å². The summed E-state index contributed by atoms with van der Waals surface area (Å²) < 4.78 is 0. The van der Waals surface area contributed by atoms with Crippen molar-refractivity contribution < 1.29 is 14.5 Å². The Kier molecular flexibility index (Phi) is 3.13. The van der Waals surface area contributed by atoms with Crippen LogP contribution < -0.4 is 4.90 Å². The van der Waals surface area contributed by atoms with Crippen LogP contribution in [0.15, 0.2) is 24.3 Å². The monoisotopic (exact) mass is 326 g/mol. The summed E-state index contributed by atoms with van der Waals surface area (Å²) in [5.41, 5.74) is 1.53. The standard InChI is InChI=1S/C18H18N2O4/c1-9-7-13(14(20(23)24)8-10(9)2)19-17(21)15-11-3-4-12(6-5-11)16(15)18(19)22/h3-4,7-8,11-12,15-16H,5-6H2,1-2H3/t11-,12-,15-,16+/m1/s1. The molecule has 1 saturated carbocycles. The number of allylic oxidation sites excluding steroid dienone is 2. The highest BCUT2D eigenvalue weighted by Crippen LogP contribution is 2.51. The minimum atomic E-state index is -0.517. The van der Waals surface area contributed by atoms with Gasteiger partial charge in [0.2, 0.25) is 11.8 Å². The Morgan fingerprint density at radius 3 is 1.96 bits per heavy atom. The van der Waals surface area contributed by atoms with E-state index in [1.165, 1.54) is 6.07 Å². The van der Waals surface area contributed by atoms with Gasteiger partial charge in [-0.15, -0.1) is 0 Å². The molecule has 0 radical (unpaired) electrons. The second kappa shape index (κ2) is 5.00. The van der Waals surface area contributed by atoms with Gasteiger partial charge in [-0.2, -0.15) is 0 Å². The molecule has 6 nitrogen and oxygen atoms in total. The Morgan fingerprint density at radius 2 is 1.50 bits per heavy atom. The van der Waals surface area contributed by atoms with Crippen molar-refractivity contribution in [2.24, 2.45) is 23.7 Å². The third-order valence-corrected chi connectivity index (χ3v) is 5.79. The van der Waals surface area contributed by atoms with Crippen molar-refractivity contribution in [1.29, 1.82) is 0 Å². The van der Waals surface area contributed by atoms with Gasteiger partial charge in [0.05, 0.1) is 16.8 Å². The molecule has 6 heteroatoms. The van der Waals surface area contributed by atoms with Crippen LogP contribution in [0.4, 0.5) is 11.4 Å². The lowest BCUT2D eigenvalue weighted by Crippen LogP contribution is -2.38. The molecule has 1 aromatic carbocycles. The summed E-state index contributed by atoms with van der Waals surface area (Å²) in [7, 11) is 0. The average Bonchev–Trinajstić information content (AvgIpc) is 2.84. The van der Waals surface area contributed by atoms with Crippen LogP contribution in [0, 0.1) is 47.6 Å². The Balaban J connectivity index is 1.84. The molecule has 124 valence electrons. The average molecular weight is 326 g/mol. The number of carbonyl (C=O) groups excluding carboxylic acids is 2. The highest BCUT2D eigenvalue weighted by Gasteiger charge is 2.57. The van der Waals surface area contributed by atoms with E-state index >= 15 is 0 Å². The lowest BCUT2D eigenvalue weighted by Gasteiger charge is -2.38. The maximum Gasteiger partial charge on any atom is 0.293 e. The molecule has 1 aliphatic heterocycles. The number of imide groups is 1. The van der Waals surface area contributed by atoms with Crippen molar-refractivity contribution in [3.05, 3.63) is 45.5 Å². The van der Waals surface area contributed by atoms with E-state index in [1.807, 2.05) is 19.1 Å². The molecule has 5 rings (SSSR count). The van der Waals surface area contributed by atoms with Crippen molar-refractivity contribution in [2.45, 2.75) is 26.7 Å². The van der Waals surface area contributed by atoms with Gasteiger partial charge >= 0.3 is 0 Å². The molecule has 1 saturated heterocycles. The zero-order valence-corrected chi connectivity index (χ0v) is 13.6. The van der Waals surface area contributed by atoms with Crippen molar-refractivity contribution in [2.75, 3.05) is 4.90 Å². The number of nitrogens with zero attached hydrogens (tertiary/aromatic N) is 2. The Bertz CT molecular complexity index is 781. The van der Waals surface area contributed by atoms with Crippen LogP contribution in [-0.2, 0) is 9.59 Å². The summed E-state index contributed by atoms with van der Waals surface area (Å²) in [6.45, 7) is 3.61. The number of hydrogen-bond acceptors (Lipinski definition) is 4. The molecule has 1 heterocycles. The Morgan fingerprint density at radius 1 is 1.00 bits per heavy atom. The zero-order chi connectivity index (χ0) is 17.2. The number of rotatable bonds is 2. The summed E-state index contributed by atoms with van der Waals surface area (Å²) in [5.74, 6) is -1.13. The van der Waals surface area contributed by atoms with Gasteiger partial charge in [0.25, 0.3) is 5.69 Å². The number of fused-ring (bicyclic) bond motifs is 1. The molecule has 0 unspecified atom stereocenters. The SMILES string of the molecule is Cc1cc(N2C(=O)[C@@H]3[C@H](C2=O)[C@@H]2C=C[C@@H]3CC2)c([N+](=O)[O-])cc1C. The molecule has 1 aromatic rings. The number of amides is 2. The fourth-order valence-electron chi connectivity index (χ4n) is 4.42. The predicted molar refractivity (Wildman–Crippen MR) is 87.4 cm³/mol. The van der Waals surface area contributed by atoms with E-state index in [1.54, 1.807) is 13.0 Å². The topological polar surface area (TPSA) is 80.5 Å². The zero-order valence-electron chi connectivity index (χ0n) is 13.6. The first-order valence-electron chi connectivity index (χ1n) is 8.22. The molecule has 2 amide bonds. The summed E-state index contributed by atoms with van der Waals surface area (Å²) in [5, 5.41) is 11.5. The summed E-state index contributed by atoms with van der Waals surface area (Å²) >= 11 is 0. The van der Waals surface area contributed by atoms with Gasteiger partial charge in [-0.3, -0.25) is 19.7 Å². The highest BCUT2D eigenvalue weighted by atomic mass is 16.6. The summed E-state index contributed by atoms with van der Waals surface area (Å²) in [6, 6.07) is 3.04. The Hall–Kier alpha value is -2.50. The number of hydrogen-bond donors (Lipinski definition) is 0. The molecule has 4 aliphatic rings. The van der Waals surface area contributed by atoms with Gasteiger partial charge in [0.1, 0.15) is 5.69 Å². The second-order valence-corrected chi connectivity index (χ2v) is 7.04. The minimum absolute atomic E-state index is 0.0760. The van der Waals surface area contributed by atoms with Gasteiger partial charge in [0.15, 0.2) is 0 Å². The van der Waals surface area contributed by atoms with Crippen molar-refractivity contribution in [1.82, 2.24) is 0 Å². The fraction of sp³-hybridized carbons (Fsp3) is 0.444. The van der Waals surface area contributed by atoms with Gasteiger partial charge in [-0.05, 0) is 55.7 Å². The first kappa shape index (κ1) is 15.1. The number of benzene rings is 1. The van der Waals surface area contributed by atoms with Gasteiger partial charge < -0.3 is 0 Å². The van der Waals surface area contributed by atoms with Crippen LogP contribution in [0.25, 0.3) is 0 Å². The third kappa shape index (κ3) is 1.89. The van der Waals surface area contributed by atoms with Crippen molar-refractivity contribution >= 4 is 23.2 Å². The van der Waals surface area contributed by atoms with E-state index in [0.717, 1.165) is 28.9 Å². The molecule has 24 heavy (non-hydrogen) atoms. The second-order valence-electron chi connectivity index (χ2n) is 7.04. The predicted octanol–water partition coefficient (Wildman–Crippen LogP) is 2.91. The maximum atomic E-state index is 13.0. The van der Waals surface area contributed by atoms with E-state index in [-0.39, 0.29) is 46.9 Å². The normalized spacial score (nSPS) is 30.8. The number of carbonyl (C=O) groups is 2. The van der Waals surface area contributed by atoms with E-state index < -0.39 is 4.92 Å². The maximum absolute atomic E-state index is 13.0. The van der Waals surface area contributed by atoms with Crippen molar-refractivity contribution in [3.63, 3.8) is 0 Å². The van der Waals surface area contributed by atoms with E-state index in [2.05, 4.69) is 0 Å². The number of aryl methyl sites for hydroxylation is 2. The van der Waals surface area contributed by atoms with Crippen LogP contribution >= 0.6 is 0 Å². The summed E-state index contributed by atoms with van der Waals surface area (Å²) in [4.78, 5) is 37.9. The molecular formula is C18H18N2O4. The number of nitro groups is 1. The van der Waals surface area contributed by atoms with E-state index in [9.17, 15) is 19.7 Å². The van der Waals surface area contributed by atoms with E-state index in [4.69, 9.17) is 0 Å². The molecule has 0 spiro atoms. The third-order valence-electron chi connectivity index (χ3n) is 5.79. The lowest BCUT2D eigenvalue weighted by molar-refractivity contribution is -0.384. The first-order chi connectivity index (χ1) is 11.4. The number of nitro benzene ring substituents is 1. The van der Waals surface area contributed by atoms with Gasteiger partial charge in [-0.1, -0.05) is 12.2 Å². The fourth-order valence-corrected chi connectivity index (χ4v) is 4.42. The minimum Gasteiger partial charge on any atom is -0.274 e. The van der Waals surface area contributed by atoms with Crippen LogP contribution in [0.3, 0.4) is 0 Å². The molecular weight excluding hydrogens is 308 g/mol. The molecule has 4 atom stereocenters. The quantitative estimate of drug-likeness (QED) is 0.362. The molecule has 3 aliphatic carbocycles. The van der Waals surface area contributed by atoms with Crippen LogP contribution in [-0.4, -0.2) is 16.7 Å². The largest absolute Gasteiger partial charge is 0.293 e. The molecule has 2 fully saturated rings. The van der Waals surface area contributed by atoms with Crippen LogP contribution in [0.5, 0.6) is 0 Å².